The Labute approximate surface area is 93.8 Å². The van der Waals surface area contributed by atoms with Crippen molar-refractivity contribution < 1.29 is 19.1 Å². The summed E-state index contributed by atoms with van der Waals surface area (Å²) in [6.45, 7) is 4.74. The smallest absolute Gasteiger partial charge is 0.431 e. The van der Waals surface area contributed by atoms with Crippen LogP contribution in [-0.2, 0) is 14.3 Å². The number of hydrogen-bond acceptors (Lipinski definition) is 6. The molecular formula is C7H13NO4S2. The molecule has 0 fully saturated rings. The molecule has 0 spiro atoms. The van der Waals surface area contributed by atoms with Gasteiger partial charge in [-0.25, -0.2) is 9.59 Å². The second kappa shape index (κ2) is 5.35. The Balaban J connectivity index is 4.33. The van der Waals surface area contributed by atoms with Crippen molar-refractivity contribution in [1.82, 2.24) is 3.71 Å². The van der Waals surface area contributed by atoms with Crippen LogP contribution in [0.15, 0.2) is 0 Å². The van der Waals surface area contributed by atoms with Crippen molar-refractivity contribution in [1.29, 1.82) is 0 Å². The maximum absolute atomic E-state index is 11.3. The quantitative estimate of drug-likeness (QED) is 0.578. The van der Waals surface area contributed by atoms with Crippen LogP contribution in [0.2, 0.25) is 0 Å². The summed E-state index contributed by atoms with van der Waals surface area (Å²) in [5.41, 5.74) is -1.34. The van der Waals surface area contributed by atoms with E-state index in [0.717, 1.165) is 0 Å². The summed E-state index contributed by atoms with van der Waals surface area (Å²) < 4.78 is 10.1. The van der Waals surface area contributed by atoms with Gasteiger partial charge >= 0.3 is 12.1 Å². The lowest BCUT2D eigenvalue weighted by Crippen LogP contribution is -2.40. The molecule has 0 aromatic heterocycles. The highest BCUT2D eigenvalue weighted by molar-refractivity contribution is 7.94. The van der Waals surface area contributed by atoms with Gasteiger partial charge in [0.2, 0.25) is 5.60 Å². The van der Waals surface area contributed by atoms with Gasteiger partial charge in [0, 0.05) is 0 Å². The number of thiol groups is 2. The van der Waals surface area contributed by atoms with Gasteiger partial charge in [-0.05, 0) is 46.4 Å². The molecule has 7 heteroatoms. The molecule has 0 unspecified atom stereocenters. The summed E-state index contributed by atoms with van der Waals surface area (Å²) >= 11 is 7.19. The molecule has 1 amide bonds. The molecule has 14 heavy (non-hydrogen) atoms. The van der Waals surface area contributed by atoms with Crippen LogP contribution >= 0.6 is 25.6 Å². The fourth-order valence-electron chi connectivity index (χ4n) is 0.606. The van der Waals surface area contributed by atoms with E-state index in [1.54, 1.807) is 6.92 Å². The largest absolute Gasteiger partial charge is 0.463 e. The summed E-state index contributed by atoms with van der Waals surface area (Å²) in [4.78, 5) is 22.3. The first-order chi connectivity index (χ1) is 6.31. The van der Waals surface area contributed by atoms with Gasteiger partial charge in [0.15, 0.2) is 0 Å². The Morgan fingerprint density at radius 3 is 2.21 bits per heavy atom. The molecule has 0 rings (SSSR count). The van der Waals surface area contributed by atoms with Crippen molar-refractivity contribution >= 4 is 37.7 Å². The zero-order chi connectivity index (χ0) is 11.4. The van der Waals surface area contributed by atoms with Crippen molar-refractivity contribution in [3.8, 4) is 0 Å². The van der Waals surface area contributed by atoms with Gasteiger partial charge in [-0.15, -0.1) is 0 Å². The number of nitrogens with zero attached hydrogens (tertiary/aromatic N) is 1. The van der Waals surface area contributed by atoms with E-state index in [2.05, 4.69) is 25.6 Å². The molecule has 0 aromatic rings. The molecule has 0 aromatic carbocycles. The Morgan fingerprint density at radius 2 is 1.86 bits per heavy atom. The summed E-state index contributed by atoms with van der Waals surface area (Å²) in [5, 5.41) is 0. The van der Waals surface area contributed by atoms with E-state index in [4.69, 9.17) is 9.47 Å². The molecular weight excluding hydrogens is 226 g/mol. The monoisotopic (exact) mass is 239 g/mol. The van der Waals surface area contributed by atoms with Crippen molar-refractivity contribution in [3.05, 3.63) is 0 Å². The maximum Gasteiger partial charge on any atom is 0.431 e. The highest BCUT2D eigenvalue weighted by Crippen LogP contribution is 2.15. The Hall–Kier alpha value is -0.560. The summed E-state index contributed by atoms with van der Waals surface area (Å²) in [5.74, 6) is -0.614. The minimum Gasteiger partial charge on any atom is -0.463 e. The zero-order valence-electron chi connectivity index (χ0n) is 8.18. The number of ether oxygens (including phenoxy) is 2. The van der Waals surface area contributed by atoms with Crippen LogP contribution in [0, 0.1) is 0 Å². The predicted octanol–water partition coefficient (Wildman–Crippen LogP) is 1.46. The molecule has 0 N–H and O–H groups in total. The van der Waals surface area contributed by atoms with Gasteiger partial charge in [0.25, 0.3) is 0 Å². The highest BCUT2D eigenvalue weighted by Gasteiger charge is 2.34. The lowest BCUT2D eigenvalue weighted by Gasteiger charge is -2.23. The second-order valence-electron chi connectivity index (χ2n) is 2.89. The van der Waals surface area contributed by atoms with Crippen LogP contribution in [0.1, 0.15) is 20.8 Å². The van der Waals surface area contributed by atoms with Gasteiger partial charge in [-0.1, -0.05) is 0 Å². The number of carbonyl (C=O) groups excluding carboxylic acids is 2. The zero-order valence-corrected chi connectivity index (χ0v) is 9.97. The lowest BCUT2D eigenvalue weighted by atomic mass is 10.1. The fourth-order valence-corrected chi connectivity index (χ4v) is 0.687. The molecule has 0 aliphatic heterocycles. The number of rotatable bonds is 3. The lowest BCUT2D eigenvalue weighted by molar-refractivity contribution is -0.161. The van der Waals surface area contributed by atoms with Gasteiger partial charge < -0.3 is 9.47 Å². The third kappa shape index (κ3) is 4.10. The Kier molecular flexibility index (Phi) is 5.14. The average molecular weight is 239 g/mol. The first kappa shape index (κ1) is 13.4. The van der Waals surface area contributed by atoms with E-state index in [1.807, 2.05) is 0 Å². The van der Waals surface area contributed by atoms with Crippen LogP contribution in [0.3, 0.4) is 0 Å². The fraction of sp³-hybridized carbons (Fsp3) is 0.714. The third-order valence-corrected chi connectivity index (χ3v) is 1.60. The van der Waals surface area contributed by atoms with Crippen LogP contribution in [0.25, 0.3) is 0 Å². The van der Waals surface area contributed by atoms with Crippen molar-refractivity contribution in [2.24, 2.45) is 0 Å². The van der Waals surface area contributed by atoms with E-state index >= 15 is 0 Å². The number of amides is 1. The normalized spacial score (nSPS) is 10.6. The maximum atomic E-state index is 11.3. The molecule has 0 saturated heterocycles. The molecule has 0 aliphatic carbocycles. The van der Waals surface area contributed by atoms with Crippen LogP contribution in [0.5, 0.6) is 0 Å². The molecule has 5 nitrogen and oxygen atoms in total. The Morgan fingerprint density at radius 1 is 1.36 bits per heavy atom. The molecule has 0 saturated carbocycles. The molecule has 0 atom stereocenters. The third-order valence-electron chi connectivity index (χ3n) is 1.27. The Bertz CT molecular complexity index is 230. The number of hydrogen-bond donors (Lipinski definition) is 2. The summed E-state index contributed by atoms with van der Waals surface area (Å²) in [6, 6.07) is 0. The SMILES string of the molecule is CCOC(=O)C(C)(C)OC(=O)N(S)S. The number of carbonyl (C=O) groups is 2. The molecule has 0 bridgehead atoms. The van der Waals surface area contributed by atoms with Gasteiger partial charge in [-0.3, -0.25) is 0 Å². The van der Waals surface area contributed by atoms with E-state index in [1.165, 1.54) is 13.8 Å². The van der Waals surface area contributed by atoms with Gasteiger partial charge in [0.1, 0.15) is 0 Å². The highest BCUT2D eigenvalue weighted by atomic mass is 32.2. The predicted molar refractivity (Wildman–Crippen MR) is 57.0 cm³/mol. The van der Waals surface area contributed by atoms with Crippen molar-refractivity contribution in [3.63, 3.8) is 0 Å². The first-order valence-corrected chi connectivity index (χ1v) is 4.69. The minimum absolute atomic E-state index is 0.227. The molecule has 82 valence electrons. The number of esters is 1. The van der Waals surface area contributed by atoms with E-state index < -0.39 is 17.7 Å². The van der Waals surface area contributed by atoms with E-state index in [9.17, 15) is 9.59 Å². The van der Waals surface area contributed by atoms with Crippen molar-refractivity contribution in [2.45, 2.75) is 26.4 Å². The second-order valence-corrected chi connectivity index (χ2v) is 4.00. The summed E-state index contributed by atoms with van der Waals surface area (Å²) in [7, 11) is 0. The van der Waals surface area contributed by atoms with Crippen LogP contribution in [-0.4, -0.2) is 28.0 Å². The molecule has 0 aliphatic rings. The topological polar surface area (TPSA) is 55.8 Å². The summed E-state index contributed by atoms with van der Waals surface area (Å²) in [6.07, 6.45) is -0.838. The van der Waals surface area contributed by atoms with E-state index in [-0.39, 0.29) is 6.61 Å². The average Bonchev–Trinajstić information content (AvgIpc) is 2.03. The minimum atomic E-state index is -1.34. The standard InChI is InChI=1S/C7H13NO4S2/c1-4-11-5(9)7(2,3)12-6(10)8(13)14/h13-14H,4H2,1-3H3. The molecule has 0 radical (unpaired) electrons. The van der Waals surface area contributed by atoms with Crippen molar-refractivity contribution in [2.75, 3.05) is 6.61 Å². The van der Waals surface area contributed by atoms with E-state index in [0.29, 0.717) is 3.71 Å². The van der Waals surface area contributed by atoms with Gasteiger partial charge in [-0.2, -0.15) is 3.71 Å². The van der Waals surface area contributed by atoms with Crippen LogP contribution < -0.4 is 0 Å². The molecule has 0 heterocycles. The van der Waals surface area contributed by atoms with Crippen LogP contribution in [0.4, 0.5) is 4.79 Å². The first-order valence-electron chi connectivity index (χ1n) is 3.89. The van der Waals surface area contributed by atoms with Gasteiger partial charge in [0.05, 0.1) is 6.61 Å².